The van der Waals surface area contributed by atoms with E-state index in [1.807, 2.05) is 0 Å². The highest BCUT2D eigenvalue weighted by molar-refractivity contribution is 5.34. The van der Waals surface area contributed by atoms with Crippen LogP contribution in [0.15, 0.2) is 18.2 Å². The maximum atomic E-state index is 13.0. The monoisotopic (exact) mass is 258 g/mol. The van der Waals surface area contributed by atoms with Gasteiger partial charge in [-0.1, -0.05) is 6.07 Å². The zero-order chi connectivity index (χ0) is 13.4. The smallest absolute Gasteiger partial charge is 0.299 e. The summed E-state index contributed by atoms with van der Waals surface area (Å²) in [6.45, 7) is -0.0333. The first-order chi connectivity index (χ1) is 8.38. The molecule has 0 unspecified atom stereocenters. The summed E-state index contributed by atoms with van der Waals surface area (Å²) in [4.78, 5) is 0. The SMILES string of the molecule is N#Cc1cc(CNC2(C(F)(F)F)CC2)ccc1F. The number of nitriles is 1. The van der Waals surface area contributed by atoms with Crippen molar-refractivity contribution < 1.29 is 17.6 Å². The molecule has 2 rings (SSSR count). The molecule has 0 amide bonds. The molecule has 0 radical (unpaired) electrons. The number of nitrogens with one attached hydrogen (secondary N) is 1. The van der Waals surface area contributed by atoms with Gasteiger partial charge in [0.2, 0.25) is 0 Å². The van der Waals surface area contributed by atoms with Crippen molar-refractivity contribution in [2.45, 2.75) is 31.1 Å². The molecule has 0 spiro atoms. The molecule has 0 aromatic heterocycles. The third-order valence-electron chi connectivity index (χ3n) is 3.07. The van der Waals surface area contributed by atoms with Gasteiger partial charge in [-0.3, -0.25) is 5.32 Å². The van der Waals surface area contributed by atoms with Crippen LogP contribution in [-0.4, -0.2) is 11.7 Å². The predicted octanol–water partition coefficient (Wildman–Crippen LogP) is 2.88. The maximum Gasteiger partial charge on any atom is 0.406 e. The van der Waals surface area contributed by atoms with Gasteiger partial charge in [0.15, 0.2) is 0 Å². The lowest BCUT2D eigenvalue weighted by molar-refractivity contribution is -0.166. The Labute approximate surface area is 101 Å². The first-order valence-electron chi connectivity index (χ1n) is 5.38. The normalized spacial score (nSPS) is 17.3. The Morgan fingerprint density at radius 1 is 1.33 bits per heavy atom. The molecule has 1 N–H and O–H groups in total. The molecule has 18 heavy (non-hydrogen) atoms. The Bertz CT molecular complexity index is 498. The molecule has 0 atom stereocenters. The van der Waals surface area contributed by atoms with E-state index in [2.05, 4.69) is 5.32 Å². The predicted molar refractivity (Wildman–Crippen MR) is 56.0 cm³/mol. The highest BCUT2D eigenvalue weighted by atomic mass is 19.4. The van der Waals surface area contributed by atoms with Crippen LogP contribution in [0.4, 0.5) is 17.6 Å². The summed E-state index contributed by atoms with van der Waals surface area (Å²) < 4.78 is 50.9. The van der Waals surface area contributed by atoms with Crippen LogP contribution in [0.2, 0.25) is 0 Å². The minimum Gasteiger partial charge on any atom is -0.299 e. The van der Waals surface area contributed by atoms with Gasteiger partial charge in [-0.05, 0) is 30.5 Å². The van der Waals surface area contributed by atoms with E-state index < -0.39 is 17.5 Å². The van der Waals surface area contributed by atoms with E-state index in [0.717, 1.165) is 6.07 Å². The Balaban J connectivity index is 2.06. The molecule has 1 aromatic rings. The molecule has 0 bridgehead atoms. The molecule has 1 fully saturated rings. The Morgan fingerprint density at radius 2 is 2.00 bits per heavy atom. The molecule has 1 saturated carbocycles. The zero-order valence-corrected chi connectivity index (χ0v) is 9.31. The van der Waals surface area contributed by atoms with Crippen molar-refractivity contribution in [3.63, 3.8) is 0 Å². The van der Waals surface area contributed by atoms with Crippen LogP contribution in [0.25, 0.3) is 0 Å². The summed E-state index contributed by atoms with van der Waals surface area (Å²) in [7, 11) is 0. The second-order valence-corrected chi connectivity index (χ2v) is 4.36. The molecule has 1 aliphatic rings. The Hall–Kier alpha value is -1.61. The van der Waals surface area contributed by atoms with Crippen LogP contribution < -0.4 is 5.32 Å². The second-order valence-electron chi connectivity index (χ2n) is 4.36. The van der Waals surface area contributed by atoms with Crippen molar-refractivity contribution in [2.24, 2.45) is 0 Å². The van der Waals surface area contributed by atoms with Gasteiger partial charge < -0.3 is 0 Å². The van der Waals surface area contributed by atoms with E-state index in [9.17, 15) is 17.6 Å². The van der Waals surface area contributed by atoms with Crippen LogP contribution in [0.3, 0.4) is 0 Å². The lowest BCUT2D eigenvalue weighted by Gasteiger charge is -2.20. The van der Waals surface area contributed by atoms with Gasteiger partial charge >= 0.3 is 6.18 Å². The van der Waals surface area contributed by atoms with Crippen molar-refractivity contribution in [3.8, 4) is 6.07 Å². The van der Waals surface area contributed by atoms with E-state index in [-0.39, 0.29) is 24.9 Å². The topological polar surface area (TPSA) is 35.8 Å². The first-order valence-corrected chi connectivity index (χ1v) is 5.38. The summed E-state index contributed by atoms with van der Waals surface area (Å²) >= 11 is 0. The van der Waals surface area contributed by atoms with Crippen LogP contribution in [-0.2, 0) is 6.54 Å². The third-order valence-corrected chi connectivity index (χ3v) is 3.07. The minimum absolute atomic E-state index is 0.0333. The highest BCUT2D eigenvalue weighted by Gasteiger charge is 2.62. The highest BCUT2D eigenvalue weighted by Crippen LogP contribution is 2.49. The molecular weight excluding hydrogens is 248 g/mol. The summed E-state index contributed by atoms with van der Waals surface area (Å²) in [5, 5.41) is 11.1. The van der Waals surface area contributed by atoms with Crippen LogP contribution in [0.1, 0.15) is 24.0 Å². The second kappa shape index (κ2) is 4.25. The van der Waals surface area contributed by atoms with E-state index in [4.69, 9.17) is 5.26 Å². The summed E-state index contributed by atoms with van der Waals surface area (Å²) in [5.74, 6) is -0.668. The molecule has 96 valence electrons. The molecule has 1 aliphatic carbocycles. The number of benzene rings is 1. The third kappa shape index (κ3) is 2.31. The maximum absolute atomic E-state index is 13.0. The fourth-order valence-corrected chi connectivity index (χ4v) is 1.72. The quantitative estimate of drug-likeness (QED) is 0.846. The lowest BCUT2D eigenvalue weighted by atomic mass is 10.1. The first kappa shape index (κ1) is 12.8. The number of nitrogens with zero attached hydrogens (tertiary/aromatic N) is 1. The molecule has 2 nitrogen and oxygen atoms in total. The minimum atomic E-state index is -4.27. The fraction of sp³-hybridized carbons (Fsp3) is 0.417. The standard InChI is InChI=1S/C12H10F4N2/c13-10-2-1-8(5-9(10)6-17)7-18-11(3-4-11)12(14,15)16/h1-2,5,18H,3-4,7H2. The van der Waals surface area contributed by atoms with Crippen LogP contribution in [0.5, 0.6) is 0 Å². The van der Waals surface area contributed by atoms with Crippen molar-refractivity contribution in [1.82, 2.24) is 5.32 Å². The van der Waals surface area contributed by atoms with Gasteiger partial charge in [-0.15, -0.1) is 0 Å². The Morgan fingerprint density at radius 3 is 2.50 bits per heavy atom. The van der Waals surface area contributed by atoms with Gasteiger partial charge in [0, 0.05) is 6.54 Å². The van der Waals surface area contributed by atoms with Gasteiger partial charge in [-0.25, -0.2) is 4.39 Å². The summed E-state index contributed by atoms with van der Waals surface area (Å²) in [6.07, 6.45) is -4.16. The lowest BCUT2D eigenvalue weighted by Crippen LogP contribution is -2.44. The van der Waals surface area contributed by atoms with Crippen molar-refractivity contribution >= 4 is 0 Å². The fourth-order valence-electron chi connectivity index (χ4n) is 1.72. The molecule has 0 heterocycles. The molecular formula is C12H10F4N2. The number of hydrogen-bond acceptors (Lipinski definition) is 2. The summed E-state index contributed by atoms with van der Waals surface area (Å²) in [5.41, 5.74) is -1.50. The number of hydrogen-bond donors (Lipinski definition) is 1. The number of halogens is 4. The van der Waals surface area contributed by atoms with Crippen molar-refractivity contribution in [1.29, 1.82) is 5.26 Å². The van der Waals surface area contributed by atoms with E-state index in [1.54, 1.807) is 6.07 Å². The van der Waals surface area contributed by atoms with E-state index in [0.29, 0.717) is 5.56 Å². The van der Waals surface area contributed by atoms with Gasteiger partial charge in [0.25, 0.3) is 0 Å². The average molecular weight is 258 g/mol. The molecule has 0 saturated heterocycles. The molecule has 0 aliphatic heterocycles. The molecule has 1 aromatic carbocycles. The summed E-state index contributed by atoms with van der Waals surface area (Å²) in [6, 6.07) is 5.37. The largest absolute Gasteiger partial charge is 0.406 e. The van der Waals surface area contributed by atoms with Crippen LogP contribution in [0, 0.1) is 17.1 Å². The van der Waals surface area contributed by atoms with Crippen LogP contribution >= 0.6 is 0 Å². The van der Waals surface area contributed by atoms with Gasteiger partial charge in [0.05, 0.1) is 5.56 Å². The van der Waals surface area contributed by atoms with Crippen molar-refractivity contribution in [2.75, 3.05) is 0 Å². The zero-order valence-electron chi connectivity index (χ0n) is 9.31. The van der Waals surface area contributed by atoms with Crippen molar-refractivity contribution in [3.05, 3.63) is 35.1 Å². The van der Waals surface area contributed by atoms with E-state index >= 15 is 0 Å². The van der Waals surface area contributed by atoms with Gasteiger partial charge in [-0.2, -0.15) is 18.4 Å². The molecule has 6 heteroatoms. The number of alkyl halides is 3. The number of rotatable bonds is 3. The Kier molecular flexibility index (Phi) is 3.03. The van der Waals surface area contributed by atoms with E-state index in [1.165, 1.54) is 12.1 Å². The van der Waals surface area contributed by atoms with Gasteiger partial charge in [0.1, 0.15) is 17.4 Å². The average Bonchev–Trinajstić information content (AvgIpc) is 3.08.